The summed E-state index contributed by atoms with van der Waals surface area (Å²) in [5, 5.41) is 16.3. The molecule has 17 heavy (non-hydrogen) atoms. The van der Waals surface area contributed by atoms with E-state index >= 15 is 0 Å². The van der Waals surface area contributed by atoms with Gasteiger partial charge in [0, 0.05) is 5.75 Å². The van der Waals surface area contributed by atoms with Crippen LogP contribution in [0.1, 0.15) is 5.56 Å². The number of nitriles is 1. The van der Waals surface area contributed by atoms with Gasteiger partial charge in [0.15, 0.2) is 4.34 Å². The van der Waals surface area contributed by atoms with Crippen molar-refractivity contribution in [2.45, 2.75) is 4.34 Å². The molecule has 0 saturated carbocycles. The molecule has 0 unspecified atom stereocenters. The molecule has 0 fully saturated rings. The normalized spacial score (nSPS) is 9.82. The van der Waals surface area contributed by atoms with Crippen LogP contribution in [0.2, 0.25) is 0 Å². The molecule has 0 N–H and O–H groups in total. The van der Waals surface area contributed by atoms with Gasteiger partial charge in [-0.1, -0.05) is 23.1 Å². The number of aromatic nitrogens is 2. The SMILES string of the molecule is N#Cc1ccc(OCCSc2nncs2)cc1. The predicted molar refractivity (Wildman–Crippen MR) is 67.3 cm³/mol. The molecule has 2 rings (SSSR count). The van der Waals surface area contributed by atoms with E-state index in [0.717, 1.165) is 15.8 Å². The van der Waals surface area contributed by atoms with E-state index in [1.54, 1.807) is 41.5 Å². The molecule has 0 amide bonds. The molecule has 0 aliphatic heterocycles. The van der Waals surface area contributed by atoms with Gasteiger partial charge < -0.3 is 4.74 Å². The smallest absolute Gasteiger partial charge is 0.174 e. The van der Waals surface area contributed by atoms with E-state index in [4.69, 9.17) is 10.00 Å². The summed E-state index contributed by atoms with van der Waals surface area (Å²) in [6.07, 6.45) is 0. The minimum atomic E-state index is 0.607. The van der Waals surface area contributed by atoms with Crippen molar-refractivity contribution in [2.75, 3.05) is 12.4 Å². The highest BCUT2D eigenvalue weighted by atomic mass is 32.2. The van der Waals surface area contributed by atoms with Gasteiger partial charge in [-0.25, -0.2) is 0 Å². The summed E-state index contributed by atoms with van der Waals surface area (Å²) >= 11 is 3.14. The molecular formula is C11H9N3OS2. The maximum absolute atomic E-state index is 8.64. The van der Waals surface area contributed by atoms with Crippen molar-refractivity contribution in [2.24, 2.45) is 0 Å². The Labute approximate surface area is 107 Å². The van der Waals surface area contributed by atoms with Gasteiger partial charge in [0.05, 0.1) is 18.2 Å². The zero-order chi connectivity index (χ0) is 11.9. The highest BCUT2D eigenvalue weighted by Gasteiger charge is 1.98. The van der Waals surface area contributed by atoms with Crippen LogP contribution < -0.4 is 4.74 Å². The van der Waals surface area contributed by atoms with Crippen LogP contribution in [-0.4, -0.2) is 22.6 Å². The summed E-state index contributed by atoms with van der Waals surface area (Å²) in [4.78, 5) is 0. The molecular weight excluding hydrogens is 254 g/mol. The van der Waals surface area contributed by atoms with Crippen LogP contribution in [0.25, 0.3) is 0 Å². The lowest BCUT2D eigenvalue weighted by Gasteiger charge is -2.04. The van der Waals surface area contributed by atoms with E-state index in [-0.39, 0.29) is 0 Å². The van der Waals surface area contributed by atoms with Crippen molar-refractivity contribution < 1.29 is 4.74 Å². The molecule has 2 aromatic rings. The standard InChI is InChI=1S/C11H9N3OS2/c12-7-9-1-3-10(4-2-9)15-5-6-16-11-14-13-8-17-11/h1-4,8H,5-6H2. The number of benzene rings is 1. The number of rotatable bonds is 5. The Balaban J connectivity index is 1.73. The minimum absolute atomic E-state index is 0.607. The van der Waals surface area contributed by atoms with Gasteiger partial charge in [-0.3, -0.25) is 0 Å². The Bertz CT molecular complexity index is 490. The average Bonchev–Trinajstić information content (AvgIpc) is 2.88. The quantitative estimate of drug-likeness (QED) is 0.613. The first-order valence-corrected chi connectivity index (χ1v) is 6.77. The van der Waals surface area contributed by atoms with Crippen molar-refractivity contribution in [1.82, 2.24) is 10.2 Å². The molecule has 6 heteroatoms. The molecule has 0 radical (unpaired) electrons. The van der Waals surface area contributed by atoms with E-state index in [0.29, 0.717) is 12.2 Å². The maximum Gasteiger partial charge on any atom is 0.174 e. The van der Waals surface area contributed by atoms with Gasteiger partial charge in [-0.15, -0.1) is 10.2 Å². The van der Waals surface area contributed by atoms with Crippen molar-refractivity contribution in [3.8, 4) is 11.8 Å². The Morgan fingerprint density at radius 3 is 2.82 bits per heavy atom. The van der Waals surface area contributed by atoms with Crippen LogP contribution in [-0.2, 0) is 0 Å². The zero-order valence-electron chi connectivity index (χ0n) is 8.87. The van der Waals surface area contributed by atoms with Crippen molar-refractivity contribution in [3.63, 3.8) is 0 Å². The number of hydrogen-bond acceptors (Lipinski definition) is 6. The predicted octanol–water partition coefficient (Wildman–Crippen LogP) is 2.58. The summed E-state index contributed by atoms with van der Waals surface area (Å²) in [7, 11) is 0. The van der Waals surface area contributed by atoms with Crippen molar-refractivity contribution in [1.29, 1.82) is 5.26 Å². The van der Waals surface area contributed by atoms with E-state index in [1.807, 2.05) is 0 Å². The van der Waals surface area contributed by atoms with Gasteiger partial charge in [-0.05, 0) is 24.3 Å². The number of hydrogen-bond donors (Lipinski definition) is 0. The molecule has 1 heterocycles. The topological polar surface area (TPSA) is 58.8 Å². The van der Waals surface area contributed by atoms with Crippen LogP contribution in [0, 0.1) is 11.3 Å². The average molecular weight is 263 g/mol. The highest BCUT2D eigenvalue weighted by Crippen LogP contribution is 2.19. The first-order valence-electron chi connectivity index (χ1n) is 4.90. The third-order valence-corrected chi connectivity index (χ3v) is 3.73. The summed E-state index contributed by atoms with van der Waals surface area (Å²) in [5.74, 6) is 1.61. The van der Waals surface area contributed by atoms with E-state index in [1.165, 1.54) is 11.3 Å². The second-order valence-corrected chi connectivity index (χ2v) is 5.21. The second-order valence-electron chi connectivity index (χ2n) is 3.04. The molecule has 0 bridgehead atoms. The third kappa shape index (κ3) is 3.73. The maximum atomic E-state index is 8.64. The first-order chi connectivity index (χ1) is 8.38. The molecule has 4 nitrogen and oxygen atoms in total. The lowest BCUT2D eigenvalue weighted by Crippen LogP contribution is -1.99. The lowest BCUT2D eigenvalue weighted by molar-refractivity contribution is 0.344. The molecule has 86 valence electrons. The summed E-state index contributed by atoms with van der Waals surface area (Å²) in [5.41, 5.74) is 2.35. The van der Waals surface area contributed by atoms with Crippen LogP contribution >= 0.6 is 23.1 Å². The number of nitrogens with zero attached hydrogens (tertiary/aromatic N) is 3. The lowest BCUT2D eigenvalue weighted by atomic mass is 10.2. The molecule has 1 aromatic carbocycles. The fourth-order valence-corrected chi connectivity index (χ4v) is 2.52. The fourth-order valence-electron chi connectivity index (χ4n) is 1.14. The molecule has 0 atom stereocenters. The first kappa shape index (κ1) is 11.9. The van der Waals surface area contributed by atoms with E-state index in [9.17, 15) is 0 Å². The van der Waals surface area contributed by atoms with Gasteiger partial charge >= 0.3 is 0 Å². The summed E-state index contributed by atoms with van der Waals surface area (Å²) < 4.78 is 6.48. The van der Waals surface area contributed by atoms with Crippen LogP contribution in [0.4, 0.5) is 0 Å². The molecule has 0 spiro atoms. The van der Waals surface area contributed by atoms with Crippen LogP contribution in [0.15, 0.2) is 34.1 Å². The Morgan fingerprint density at radius 2 is 2.18 bits per heavy atom. The molecule has 1 aromatic heterocycles. The van der Waals surface area contributed by atoms with Crippen molar-refractivity contribution in [3.05, 3.63) is 35.3 Å². The van der Waals surface area contributed by atoms with E-state index in [2.05, 4.69) is 16.3 Å². The second kappa shape index (κ2) is 6.23. The monoisotopic (exact) mass is 263 g/mol. The van der Waals surface area contributed by atoms with Gasteiger partial charge in [0.25, 0.3) is 0 Å². The fraction of sp³-hybridized carbons (Fsp3) is 0.182. The summed E-state index contributed by atoms with van der Waals surface area (Å²) in [6, 6.07) is 9.15. The minimum Gasteiger partial charge on any atom is -0.493 e. The molecule has 0 saturated heterocycles. The largest absolute Gasteiger partial charge is 0.493 e. The van der Waals surface area contributed by atoms with Gasteiger partial charge in [0.2, 0.25) is 0 Å². The Kier molecular flexibility index (Phi) is 4.36. The number of thioether (sulfide) groups is 1. The van der Waals surface area contributed by atoms with Gasteiger partial charge in [0.1, 0.15) is 11.3 Å². The molecule has 0 aliphatic carbocycles. The molecule has 0 aliphatic rings. The van der Waals surface area contributed by atoms with E-state index < -0.39 is 0 Å². The van der Waals surface area contributed by atoms with Crippen molar-refractivity contribution >= 4 is 23.1 Å². The highest BCUT2D eigenvalue weighted by molar-refractivity contribution is 8.01. The summed E-state index contributed by atoms with van der Waals surface area (Å²) in [6.45, 7) is 0.607. The third-order valence-electron chi connectivity index (χ3n) is 1.90. The van der Waals surface area contributed by atoms with Gasteiger partial charge in [-0.2, -0.15) is 5.26 Å². The van der Waals surface area contributed by atoms with Crippen LogP contribution in [0.3, 0.4) is 0 Å². The zero-order valence-corrected chi connectivity index (χ0v) is 10.5. The Morgan fingerprint density at radius 1 is 1.35 bits per heavy atom. The Hall–Kier alpha value is -1.58. The number of ether oxygens (including phenoxy) is 1. The van der Waals surface area contributed by atoms with Crippen LogP contribution in [0.5, 0.6) is 5.75 Å².